The summed E-state index contributed by atoms with van der Waals surface area (Å²) in [5, 5.41) is 9.27. The molecule has 0 bridgehead atoms. The Hall–Kier alpha value is -2.83. The number of nitrogens with one attached hydrogen (secondary N) is 1. The molecule has 0 unspecified atom stereocenters. The topological polar surface area (TPSA) is 125 Å². The fraction of sp³-hybridized carbons (Fsp3) is 0.143. The smallest absolute Gasteiger partial charge is 0.298 e. The van der Waals surface area contributed by atoms with E-state index in [4.69, 9.17) is 4.74 Å². The maximum Gasteiger partial charge on any atom is 0.298 e. The van der Waals surface area contributed by atoms with Crippen LogP contribution in [0.3, 0.4) is 0 Å². The Morgan fingerprint density at radius 3 is 2.61 bits per heavy atom. The van der Waals surface area contributed by atoms with E-state index in [1.54, 1.807) is 6.92 Å². The second kappa shape index (κ2) is 4.84. The number of nitrogens with zero attached hydrogens (tertiary/aromatic N) is 2. The molecule has 0 radical (unpaired) electrons. The summed E-state index contributed by atoms with van der Waals surface area (Å²) in [4.78, 5) is 14.7. The van der Waals surface area contributed by atoms with Crippen LogP contribution in [0, 0.1) is 18.3 Å². The minimum atomic E-state index is -4.51. The van der Waals surface area contributed by atoms with Crippen molar-refractivity contribution < 1.29 is 17.7 Å². The Balaban J connectivity index is 2.59. The highest BCUT2D eigenvalue weighted by Gasteiger charge is 2.21. The van der Waals surface area contributed by atoms with Crippen molar-refractivity contribution in [2.75, 3.05) is 7.11 Å². The summed E-state index contributed by atoms with van der Waals surface area (Å²) < 4.78 is 38.5. The molecular weight excluding hydrogens is 322 g/mol. The van der Waals surface area contributed by atoms with Crippen LogP contribution in [0.4, 0.5) is 0 Å². The van der Waals surface area contributed by atoms with Gasteiger partial charge in [-0.25, -0.2) is 0 Å². The molecular formula is C14H11N3O5S. The van der Waals surface area contributed by atoms with Crippen LogP contribution in [0.2, 0.25) is 0 Å². The van der Waals surface area contributed by atoms with Gasteiger partial charge in [-0.3, -0.25) is 13.7 Å². The third-order valence-electron chi connectivity index (χ3n) is 3.58. The van der Waals surface area contributed by atoms with Gasteiger partial charge >= 0.3 is 0 Å². The maximum absolute atomic E-state index is 12.2. The van der Waals surface area contributed by atoms with Gasteiger partial charge in [-0.15, -0.1) is 0 Å². The summed E-state index contributed by atoms with van der Waals surface area (Å²) in [6.07, 6.45) is 0. The van der Waals surface area contributed by atoms with Crippen molar-refractivity contribution in [1.29, 1.82) is 5.26 Å². The van der Waals surface area contributed by atoms with E-state index in [2.05, 4.69) is 4.98 Å². The largest absolute Gasteiger partial charge is 0.495 e. The first-order chi connectivity index (χ1) is 10.8. The Kier molecular flexibility index (Phi) is 3.17. The predicted molar refractivity (Wildman–Crippen MR) is 81.3 cm³/mol. The van der Waals surface area contributed by atoms with E-state index in [0.29, 0.717) is 11.1 Å². The van der Waals surface area contributed by atoms with Gasteiger partial charge in [-0.1, -0.05) is 0 Å². The first-order valence-electron chi connectivity index (χ1n) is 6.41. The molecule has 2 N–H and O–H groups in total. The molecule has 0 fully saturated rings. The second-order valence-electron chi connectivity index (χ2n) is 4.96. The number of benzene rings is 1. The molecule has 0 spiro atoms. The maximum atomic E-state index is 12.2. The second-order valence-corrected chi connectivity index (χ2v) is 6.35. The molecule has 3 rings (SSSR count). The summed E-state index contributed by atoms with van der Waals surface area (Å²) in [7, 11) is -3.26. The van der Waals surface area contributed by atoms with Crippen LogP contribution >= 0.6 is 0 Å². The highest BCUT2D eigenvalue weighted by atomic mass is 32.2. The number of ether oxygens (including phenoxy) is 1. The quantitative estimate of drug-likeness (QED) is 0.679. The average Bonchev–Trinajstić information content (AvgIpc) is 2.83. The molecule has 2 heterocycles. The molecule has 0 aliphatic carbocycles. The lowest BCUT2D eigenvalue weighted by atomic mass is 10.2. The number of aromatic amines is 1. The molecule has 8 nitrogen and oxygen atoms in total. The van der Waals surface area contributed by atoms with E-state index in [0.717, 1.165) is 6.07 Å². The van der Waals surface area contributed by atoms with Gasteiger partial charge < -0.3 is 9.72 Å². The van der Waals surface area contributed by atoms with Crippen molar-refractivity contribution in [2.24, 2.45) is 0 Å². The standard InChI is InChI=1S/C14H11N3O5S/c1-7-3-13(18)17-10-5-11(22-2)12(23(19,20)21)4-9(10)16-14(17)8(7)6-15/h3-5,16H,1-2H3,(H,19,20,21). The predicted octanol–water partition coefficient (Wildman–Crippen LogP) is 1.22. The molecule has 118 valence electrons. The lowest BCUT2D eigenvalue weighted by Crippen LogP contribution is -2.13. The number of fused-ring (bicyclic) bond motifs is 3. The molecule has 0 aliphatic heterocycles. The molecule has 2 aromatic heterocycles. The van der Waals surface area contributed by atoms with Crippen molar-refractivity contribution in [3.8, 4) is 11.8 Å². The number of pyridine rings is 1. The molecule has 0 atom stereocenters. The summed E-state index contributed by atoms with van der Waals surface area (Å²) in [5.41, 5.74) is 1.27. The Labute approximate surface area is 130 Å². The number of hydrogen-bond acceptors (Lipinski definition) is 5. The first-order valence-corrected chi connectivity index (χ1v) is 7.85. The normalized spacial score (nSPS) is 11.7. The summed E-state index contributed by atoms with van der Waals surface area (Å²) >= 11 is 0. The number of methoxy groups -OCH3 is 1. The van der Waals surface area contributed by atoms with Crippen molar-refractivity contribution in [3.63, 3.8) is 0 Å². The van der Waals surface area contributed by atoms with E-state index < -0.39 is 15.0 Å². The molecule has 0 saturated carbocycles. The number of rotatable bonds is 2. The van der Waals surface area contributed by atoms with E-state index in [1.807, 2.05) is 6.07 Å². The number of nitriles is 1. The highest BCUT2D eigenvalue weighted by Crippen LogP contribution is 2.30. The number of H-pyrrole nitrogens is 1. The minimum Gasteiger partial charge on any atom is -0.495 e. The van der Waals surface area contributed by atoms with E-state index in [-0.39, 0.29) is 28.0 Å². The molecule has 0 amide bonds. The van der Waals surface area contributed by atoms with Gasteiger partial charge in [0.2, 0.25) is 0 Å². The van der Waals surface area contributed by atoms with E-state index >= 15 is 0 Å². The van der Waals surface area contributed by atoms with Crippen LogP contribution in [-0.2, 0) is 10.1 Å². The van der Waals surface area contributed by atoms with Crippen LogP contribution < -0.4 is 10.3 Å². The number of aromatic nitrogens is 2. The zero-order chi connectivity index (χ0) is 16.9. The minimum absolute atomic E-state index is 0.105. The van der Waals surface area contributed by atoms with Crippen LogP contribution in [0.5, 0.6) is 5.75 Å². The average molecular weight is 333 g/mol. The SMILES string of the molecule is COc1cc2c(cc1S(=O)(=O)O)[nH]c1c(C#N)c(C)cc(=O)n12. The molecule has 9 heteroatoms. The Bertz CT molecular complexity index is 1170. The van der Waals surface area contributed by atoms with Gasteiger partial charge in [0.1, 0.15) is 22.4 Å². The van der Waals surface area contributed by atoms with Crippen LogP contribution in [0.15, 0.2) is 27.9 Å². The first kappa shape index (κ1) is 15.1. The van der Waals surface area contributed by atoms with Crippen LogP contribution in [-0.4, -0.2) is 29.5 Å². The number of hydrogen-bond donors (Lipinski definition) is 2. The van der Waals surface area contributed by atoms with Gasteiger partial charge in [-0.05, 0) is 18.6 Å². The van der Waals surface area contributed by atoms with E-state index in [1.165, 1.54) is 23.6 Å². The van der Waals surface area contributed by atoms with Gasteiger partial charge in [0, 0.05) is 12.1 Å². The third kappa shape index (κ3) is 2.16. The van der Waals surface area contributed by atoms with Crippen molar-refractivity contribution >= 4 is 26.8 Å². The summed E-state index contributed by atoms with van der Waals surface area (Å²) in [5.74, 6) is -0.105. The van der Waals surface area contributed by atoms with Gasteiger partial charge in [0.15, 0.2) is 0 Å². The van der Waals surface area contributed by atoms with Gasteiger partial charge in [-0.2, -0.15) is 13.7 Å². The summed E-state index contributed by atoms with van der Waals surface area (Å²) in [6, 6.07) is 5.81. The lowest BCUT2D eigenvalue weighted by Gasteiger charge is -2.06. The van der Waals surface area contributed by atoms with Gasteiger partial charge in [0.05, 0.1) is 23.7 Å². The van der Waals surface area contributed by atoms with Crippen molar-refractivity contribution in [1.82, 2.24) is 9.38 Å². The Morgan fingerprint density at radius 1 is 1.35 bits per heavy atom. The number of aryl methyl sites for hydroxylation is 1. The van der Waals surface area contributed by atoms with Crippen molar-refractivity contribution in [2.45, 2.75) is 11.8 Å². The molecule has 0 aliphatic rings. The Morgan fingerprint density at radius 2 is 2.04 bits per heavy atom. The molecule has 0 saturated heterocycles. The zero-order valence-electron chi connectivity index (χ0n) is 12.1. The lowest BCUT2D eigenvalue weighted by molar-refractivity contribution is 0.398. The molecule has 1 aromatic carbocycles. The number of imidazole rings is 1. The van der Waals surface area contributed by atoms with E-state index in [9.17, 15) is 23.0 Å². The zero-order valence-corrected chi connectivity index (χ0v) is 12.9. The van der Waals surface area contributed by atoms with Gasteiger partial charge in [0.25, 0.3) is 15.7 Å². The molecule has 3 aromatic rings. The fourth-order valence-corrected chi connectivity index (χ4v) is 3.22. The third-order valence-corrected chi connectivity index (χ3v) is 4.46. The fourth-order valence-electron chi connectivity index (χ4n) is 2.55. The van der Waals surface area contributed by atoms with Crippen LogP contribution in [0.1, 0.15) is 11.1 Å². The highest BCUT2D eigenvalue weighted by molar-refractivity contribution is 7.86. The molecule has 23 heavy (non-hydrogen) atoms. The van der Waals surface area contributed by atoms with Crippen molar-refractivity contribution in [3.05, 3.63) is 39.7 Å². The monoisotopic (exact) mass is 333 g/mol. The summed E-state index contributed by atoms with van der Waals surface area (Å²) in [6.45, 7) is 1.63. The van der Waals surface area contributed by atoms with Crippen LogP contribution in [0.25, 0.3) is 16.7 Å².